The van der Waals surface area contributed by atoms with E-state index >= 15 is 0 Å². The molecular formula is C17H22FN5O. The Bertz CT molecular complexity index is 707. The van der Waals surface area contributed by atoms with E-state index in [2.05, 4.69) is 20.4 Å². The normalized spacial score (nSPS) is 15.8. The maximum Gasteiger partial charge on any atom is 0.273 e. The maximum atomic E-state index is 13.3. The molecule has 7 heteroatoms. The molecule has 0 radical (unpaired) electrons. The molecule has 1 aliphatic heterocycles. The molecule has 0 spiro atoms. The van der Waals surface area contributed by atoms with E-state index in [4.69, 9.17) is 0 Å². The van der Waals surface area contributed by atoms with Gasteiger partial charge in [-0.05, 0) is 44.9 Å². The van der Waals surface area contributed by atoms with Crippen LogP contribution < -0.4 is 10.2 Å². The van der Waals surface area contributed by atoms with Crippen LogP contribution in [0.3, 0.4) is 0 Å². The smallest absolute Gasteiger partial charge is 0.273 e. The van der Waals surface area contributed by atoms with Crippen LogP contribution in [0.2, 0.25) is 0 Å². The van der Waals surface area contributed by atoms with E-state index in [0.29, 0.717) is 5.69 Å². The Balaban J connectivity index is 1.54. The number of anilines is 1. The van der Waals surface area contributed by atoms with Crippen molar-refractivity contribution in [1.29, 1.82) is 0 Å². The molecule has 0 atom stereocenters. The van der Waals surface area contributed by atoms with Gasteiger partial charge in [0.15, 0.2) is 5.69 Å². The molecule has 1 fully saturated rings. The summed E-state index contributed by atoms with van der Waals surface area (Å²) in [4.78, 5) is 15.9. The fraction of sp³-hybridized carbons (Fsp3) is 0.471. The molecule has 1 aliphatic rings. The number of hydrogen-bond donors (Lipinski definition) is 1. The van der Waals surface area contributed by atoms with Crippen LogP contribution in [-0.4, -0.2) is 40.0 Å². The minimum atomic E-state index is -0.226. The molecule has 2 heterocycles. The summed E-state index contributed by atoms with van der Waals surface area (Å²) in [6.45, 7) is 5.49. The van der Waals surface area contributed by atoms with E-state index in [1.165, 1.54) is 17.1 Å². The SMILES string of the molecule is CC(C)n1ncc(C(=O)NC2CCN(c3cccc(F)c3)CC2)n1. The maximum absolute atomic E-state index is 13.3. The highest BCUT2D eigenvalue weighted by atomic mass is 19.1. The number of rotatable bonds is 4. The van der Waals surface area contributed by atoms with E-state index in [-0.39, 0.29) is 23.8 Å². The third kappa shape index (κ3) is 3.72. The number of aromatic nitrogens is 3. The van der Waals surface area contributed by atoms with Crippen molar-refractivity contribution < 1.29 is 9.18 Å². The Morgan fingerprint density at radius 3 is 2.71 bits per heavy atom. The quantitative estimate of drug-likeness (QED) is 0.934. The second-order valence-electron chi connectivity index (χ2n) is 6.36. The first-order chi connectivity index (χ1) is 11.5. The Hall–Kier alpha value is -2.44. The third-order valence-corrected chi connectivity index (χ3v) is 4.21. The number of halogens is 1. The highest BCUT2D eigenvalue weighted by Gasteiger charge is 2.22. The first kappa shape index (κ1) is 16.4. The van der Waals surface area contributed by atoms with Crippen molar-refractivity contribution in [2.75, 3.05) is 18.0 Å². The number of amides is 1. The van der Waals surface area contributed by atoms with Crippen molar-refractivity contribution >= 4 is 11.6 Å². The molecule has 128 valence electrons. The van der Waals surface area contributed by atoms with Gasteiger partial charge in [0.1, 0.15) is 5.82 Å². The van der Waals surface area contributed by atoms with Crippen LogP contribution in [-0.2, 0) is 0 Å². The summed E-state index contributed by atoms with van der Waals surface area (Å²) in [5.41, 5.74) is 1.23. The van der Waals surface area contributed by atoms with Crippen LogP contribution in [0.25, 0.3) is 0 Å². The molecular weight excluding hydrogens is 309 g/mol. The minimum Gasteiger partial charge on any atom is -0.371 e. The molecule has 0 saturated carbocycles. The van der Waals surface area contributed by atoms with Gasteiger partial charge in [0.25, 0.3) is 5.91 Å². The third-order valence-electron chi connectivity index (χ3n) is 4.21. The van der Waals surface area contributed by atoms with Crippen molar-refractivity contribution in [3.05, 3.63) is 42.0 Å². The summed E-state index contributed by atoms with van der Waals surface area (Å²) < 4.78 is 13.3. The molecule has 0 bridgehead atoms. The zero-order valence-electron chi connectivity index (χ0n) is 13.9. The van der Waals surface area contributed by atoms with E-state index in [0.717, 1.165) is 31.6 Å². The van der Waals surface area contributed by atoms with Crippen molar-refractivity contribution in [3.8, 4) is 0 Å². The Morgan fingerprint density at radius 1 is 1.33 bits per heavy atom. The average molecular weight is 331 g/mol. The number of carbonyl (C=O) groups is 1. The summed E-state index contributed by atoms with van der Waals surface area (Å²) in [6.07, 6.45) is 3.14. The van der Waals surface area contributed by atoms with Gasteiger partial charge in [-0.3, -0.25) is 4.79 Å². The molecule has 3 rings (SSSR count). The second kappa shape index (κ2) is 6.98. The molecule has 1 aromatic carbocycles. The largest absolute Gasteiger partial charge is 0.371 e. The summed E-state index contributed by atoms with van der Waals surface area (Å²) in [5.74, 6) is -0.415. The molecule has 1 N–H and O–H groups in total. The molecule has 1 saturated heterocycles. The van der Waals surface area contributed by atoms with Gasteiger partial charge in [-0.1, -0.05) is 6.07 Å². The van der Waals surface area contributed by atoms with Gasteiger partial charge >= 0.3 is 0 Å². The molecule has 2 aromatic rings. The van der Waals surface area contributed by atoms with Crippen molar-refractivity contribution in [2.24, 2.45) is 0 Å². The highest BCUT2D eigenvalue weighted by Crippen LogP contribution is 2.20. The lowest BCUT2D eigenvalue weighted by molar-refractivity contribution is 0.0925. The summed E-state index contributed by atoms with van der Waals surface area (Å²) >= 11 is 0. The van der Waals surface area contributed by atoms with Gasteiger partial charge in [-0.25, -0.2) is 4.39 Å². The predicted octanol–water partition coefficient (Wildman–Crippen LogP) is 2.40. The Morgan fingerprint density at radius 2 is 2.08 bits per heavy atom. The number of hydrogen-bond acceptors (Lipinski definition) is 4. The molecule has 1 amide bonds. The number of nitrogens with one attached hydrogen (secondary N) is 1. The van der Waals surface area contributed by atoms with Crippen LogP contribution in [0.15, 0.2) is 30.5 Å². The lowest BCUT2D eigenvalue weighted by Crippen LogP contribution is -2.44. The monoisotopic (exact) mass is 331 g/mol. The fourth-order valence-corrected chi connectivity index (χ4v) is 2.84. The molecule has 1 aromatic heterocycles. The number of benzene rings is 1. The predicted molar refractivity (Wildman–Crippen MR) is 89.5 cm³/mol. The van der Waals surface area contributed by atoms with E-state index in [1.54, 1.807) is 12.1 Å². The van der Waals surface area contributed by atoms with Gasteiger partial charge < -0.3 is 10.2 Å². The van der Waals surface area contributed by atoms with Crippen LogP contribution in [0.5, 0.6) is 0 Å². The van der Waals surface area contributed by atoms with Crippen LogP contribution in [0.4, 0.5) is 10.1 Å². The van der Waals surface area contributed by atoms with Gasteiger partial charge in [0.2, 0.25) is 0 Å². The average Bonchev–Trinajstić information content (AvgIpc) is 3.06. The molecule has 0 aliphatic carbocycles. The zero-order chi connectivity index (χ0) is 17.1. The molecule has 6 nitrogen and oxygen atoms in total. The van der Waals surface area contributed by atoms with Crippen LogP contribution >= 0.6 is 0 Å². The molecule has 0 unspecified atom stereocenters. The van der Waals surface area contributed by atoms with Gasteiger partial charge in [0.05, 0.1) is 12.2 Å². The first-order valence-electron chi connectivity index (χ1n) is 8.26. The lowest BCUT2D eigenvalue weighted by atomic mass is 10.0. The van der Waals surface area contributed by atoms with Crippen molar-refractivity contribution in [2.45, 2.75) is 38.8 Å². The first-order valence-corrected chi connectivity index (χ1v) is 8.26. The fourth-order valence-electron chi connectivity index (χ4n) is 2.84. The number of carbonyl (C=O) groups excluding carboxylic acids is 1. The van der Waals surface area contributed by atoms with E-state index in [1.807, 2.05) is 19.9 Å². The zero-order valence-corrected chi connectivity index (χ0v) is 13.9. The van der Waals surface area contributed by atoms with Crippen molar-refractivity contribution in [1.82, 2.24) is 20.3 Å². The number of piperidine rings is 1. The van der Waals surface area contributed by atoms with Gasteiger partial charge in [-0.2, -0.15) is 9.90 Å². The molecule has 24 heavy (non-hydrogen) atoms. The standard InChI is InChI=1S/C17H22FN5O/c1-12(2)23-19-11-16(21-23)17(24)20-14-6-8-22(9-7-14)15-5-3-4-13(18)10-15/h3-5,10-12,14H,6-9H2,1-2H3,(H,20,24). The minimum absolute atomic E-state index is 0.103. The van der Waals surface area contributed by atoms with E-state index in [9.17, 15) is 9.18 Å². The van der Waals surface area contributed by atoms with Crippen molar-refractivity contribution in [3.63, 3.8) is 0 Å². The van der Waals surface area contributed by atoms with E-state index < -0.39 is 0 Å². The topological polar surface area (TPSA) is 63.1 Å². The van der Waals surface area contributed by atoms with Gasteiger partial charge in [0, 0.05) is 24.8 Å². The second-order valence-corrected chi connectivity index (χ2v) is 6.36. The van der Waals surface area contributed by atoms with Gasteiger partial charge in [-0.15, -0.1) is 5.10 Å². The van der Waals surface area contributed by atoms with Crippen LogP contribution in [0, 0.1) is 5.82 Å². The Kier molecular flexibility index (Phi) is 4.78. The number of nitrogens with zero attached hydrogens (tertiary/aromatic N) is 4. The highest BCUT2D eigenvalue weighted by molar-refractivity contribution is 5.92. The van der Waals surface area contributed by atoms with Crippen LogP contribution in [0.1, 0.15) is 43.2 Å². The summed E-state index contributed by atoms with van der Waals surface area (Å²) in [6, 6.07) is 6.85. The summed E-state index contributed by atoms with van der Waals surface area (Å²) in [5, 5.41) is 11.3. The summed E-state index contributed by atoms with van der Waals surface area (Å²) in [7, 11) is 0. The Labute approximate surface area is 140 Å². The lowest BCUT2D eigenvalue weighted by Gasteiger charge is -2.33.